The normalized spacial score (nSPS) is 14.9. The molecule has 0 saturated heterocycles. The Labute approximate surface area is 166 Å². The smallest absolute Gasteiger partial charge is 0.244 e. The molecule has 27 heavy (non-hydrogen) atoms. The van der Waals surface area contributed by atoms with Gasteiger partial charge in [-0.1, -0.05) is 24.3 Å². The van der Waals surface area contributed by atoms with E-state index in [9.17, 15) is 17.2 Å². The molecule has 0 aliphatic carbocycles. The highest BCUT2D eigenvalue weighted by Gasteiger charge is 2.23. The third-order valence-electron chi connectivity index (χ3n) is 4.63. The molecule has 1 aliphatic heterocycles. The number of hydrogen-bond donors (Lipinski definition) is 1. The lowest BCUT2D eigenvalue weighted by atomic mass is 10.00. The highest BCUT2D eigenvalue weighted by molar-refractivity contribution is 9.10. The third kappa shape index (κ3) is 5.13. The number of halogens is 3. The predicted octanol–water partition coefficient (Wildman–Crippen LogP) is 3.84. The Morgan fingerprint density at radius 1 is 1.11 bits per heavy atom. The molecular formula is C19H21BrF2N2O2S. The van der Waals surface area contributed by atoms with Crippen molar-refractivity contribution < 1.29 is 17.2 Å². The van der Waals surface area contributed by atoms with E-state index < -0.39 is 26.6 Å². The topological polar surface area (TPSA) is 49.4 Å². The van der Waals surface area contributed by atoms with Crippen molar-refractivity contribution in [3.8, 4) is 0 Å². The average molecular weight is 459 g/mol. The molecule has 8 heteroatoms. The van der Waals surface area contributed by atoms with Crippen molar-refractivity contribution in [1.29, 1.82) is 0 Å². The minimum atomic E-state index is -4.04. The maximum Gasteiger partial charge on any atom is 0.244 e. The Hall–Kier alpha value is -1.35. The molecule has 0 atom stereocenters. The summed E-state index contributed by atoms with van der Waals surface area (Å²) in [7, 11) is -4.04. The molecular weight excluding hydrogens is 438 g/mol. The van der Waals surface area contributed by atoms with Crippen LogP contribution in [0, 0.1) is 11.6 Å². The average Bonchev–Trinajstić information content (AvgIpc) is 2.60. The van der Waals surface area contributed by atoms with Gasteiger partial charge in [-0.15, -0.1) is 0 Å². The molecule has 0 bridgehead atoms. The Balaban J connectivity index is 1.47. The SMILES string of the molecule is O=S(=O)(NCCCCN1CCc2ccccc2C1)c1c(F)cc(F)cc1Br. The zero-order valence-electron chi connectivity index (χ0n) is 14.7. The first kappa shape index (κ1) is 20.4. The van der Waals surface area contributed by atoms with E-state index in [2.05, 4.69) is 43.8 Å². The van der Waals surface area contributed by atoms with Crippen LogP contribution >= 0.6 is 15.9 Å². The molecule has 1 heterocycles. The fourth-order valence-electron chi connectivity index (χ4n) is 3.27. The van der Waals surface area contributed by atoms with E-state index in [4.69, 9.17) is 0 Å². The van der Waals surface area contributed by atoms with Gasteiger partial charge in [-0.25, -0.2) is 21.9 Å². The maximum atomic E-state index is 13.9. The van der Waals surface area contributed by atoms with Gasteiger partial charge in [0.25, 0.3) is 0 Å². The molecule has 0 fully saturated rings. The highest BCUT2D eigenvalue weighted by Crippen LogP contribution is 2.26. The molecule has 1 aliphatic rings. The lowest BCUT2D eigenvalue weighted by molar-refractivity contribution is 0.249. The van der Waals surface area contributed by atoms with Crippen LogP contribution in [0.4, 0.5) is 8.78 Å². The van der Waals surface area contributed by atoms with E-state index in [-0.39, 0.29) is 11.0 Å². The number of fused-ring (bicyclic) bond motifs is 1. The van der Waals surface area contributed by atoms with Crippen molar-refractivity contribution in [3.63, 3.8) is 0 Å². The number of unbranched alkanes of at least 4 members (excludes halogenated alkanes) is 1. The van der Waals surface area contributed by atoms with Crippen LogP contribution in [0.3, 0.4) is 0 Å². The summed E-state index contributed by atoms with van der Waals surface area (Å²) in [5, 5.41) is 0. The molecule has 0 aromatic heterocycles. The monoisotopic (exact) mass is 458 g/mol. The summed E-state index contributed by atoms with van der Waals surface area (Å²) in [6.45, 7) is 2.99. The van der Waals surface area contributed by atoms with Gasteiger partial charge in [-0.05, 0) is 58.9 Å². The molecule has 1 N–H and O–H groups in total. The molecule has 0 unspecified atom stereocenters. The fourth-order valence-corrected chi connectivity index (χ4v) is 5.51. The Bertz CT molecular complexity index is 899. The Morgan fingerprint density at radius 3 is 2.59 bits per heavy atom. The zero-order valence-corrected chi connectivity index (χ0v) is 17.1. The maximum absolute atomic E-state index is 13.9. The first-order valence-corrected chi connectivity index (χ1v) is 11.1. The second-order valence-corrected chi connectivity index (χ2v) is 9.16. The fraction of sp³-hybridized carbons (Fsp3) is 0.368. The van der Waals surface area contributed by atoms with Crippen LogP contribution in [-0.2, 0) is 23.0 Å². The van der Waals surface area contributed by atoms with Gasteiger partial charge < -0.3 is 0 Å². The molecule has 146 valence electrons. The standard InChI is InChI=1S/C19H21BrF2N2O2S/c20-17-11-16(21)12-18(22)19(17)27(25,26)23-8-3-4-9-24-10-7-14-5-1-2-6-15(14)13-24/h1-2,5-6,11-12,23H,3-4,7-10,13H2. The van der Waals surface area contributed by atoms with Crippen LogP contribution in [0.15, 0.2) is 45.8 Å². The molecule has 2 aromatic carbocycles. The predicted molar refractivity (Wildman–Crippen MR) is 104 cm³/mol. The highest BCUT2D eigenvalue weighted by atomic mass is 79.9. The molecule has 4 nitrogen and oxygen atoms in total. The van der Waals surface area contributed by atoms with Crippen LogP contribution in [0.5, 0.6) is 0 Å². The van der Waals surface area contributed by atoms with Crippen molar-refractivity contribution in [2.24, 2.45) is 0 Å². The minimum Gasteiger partial charge on any atom is -0.299 e. The van der Waals surface area contributed by atoms with Gasteiger partial charge in [0.05, 0.1) is 0 Å². The summed E-state index contributed by atoms with van der Waals surface area (Å²) in [5.41, 5.74) is 2.74. The second kappa shape index (κ2) is 8.77. The van der Waals surface area contributed by atoms with Gasteiger partial charge in [0.1, 0.15) is 16.5 Å². The number of rotatable bonds is 7. The van der Waals surface area contributed by atoms with Crippen molar-refractivity contribution in [1.82, 2.24) is 9.62 Å². The van der Waals surface area contributed by atoms with Crippen LogP contribution in [0.1, 0.15) is 24.0 Å². The largest absolute Gasteiger partial charge is 0.299 e. The summed E-state index contributed by atoms with van der Waals surface area (Å²) in [5.74, 6) is -1.94. The first-order chi connectivity index (χ1) is 12.9. The summed E-state index contributed by atoms with van der Waals surface area (Å²) in [4.78, 5) is 1.80. The lowest BCUT2D eigenvalue weighted by Crippen LogP contribution is -2.32. The van der Waals surface area contributed by atoms with Gasteiger partial charge in [-0.2, -0.15) is 0 Å². The third-order valence-corrected chi connectivity index (χ3v) is 7.06. The van der Waals surface area contributed by atoms with Crippen LogP contribution in [0.25, 0.3) is 0 Å². The lowest BCUT2D eigenvalue weighted by Gasteiger charge is -2.28. The summed E-state index contributed by atoms with van der Waals surface area (Å²) in [6.07, 6.45) is 2.50. The van der Waals surface area contributed by atoms with E-state index in [1.807, 2.05) is 6.07 Å². The van der Waals surface area contributed by atoms with Crippen molar-refractivity contribution in [2.45, 2.75) is 30.7 Å². The molecule has 0 amide bonds. The number of nitrogens with zero attached hydrogens (tertiary/aromatic N) is 1. The van der Waals surface area contributed by atoms with Crippen LogP contribution < -0.4 is 4.72 Å². The Morgan fingerprint density at radius 2 is 1.85 bits per heavy atom. The van der Waals surface area contributed by atoms with E-state index >= 15 is 0 Å². The van der Waals surface area contributed by atoms with E-state index in [1.165, 1.54) is 11.1 Å². The van der Waals surface area contributed by atoms with Gasteiger partial charge in [0.2, 0.25) is 10.0 Å². The molecule has 3 rings (SSSR count). The molecule has 0 radical (unpaired) electrons. The van der Waals surface area contributed by atoms with Crippen LogP contribution in [0.2, 0.25) is 0 Å². The van der Waals surface area contributed by atoms with Crippen LogP contribution in [-0.4, -0.2) is 33.0 Å². The van der Waals surface area contributed by atoms with Crippen molar-refractivity contribution in [3.05, 3.63) is 63.6 Å². The molecule has 0 spiro atoms. The van der Waals surface area contributed by atoms with E-state index in [1.54, 1.807) is 0 Å². The van der Waals surface area contributed by atoms with E-state index in [0.717, 1.165) is 38.5 Å². The van der Waals surface area contributed by atoms with E-state index in [0.29, 0.717) is 12.5 Å². The van der Waals surface area contributed by atoms with Gasteiger partial charge >= 0.3 is 0 Å². The number of nitrogens with one attached hydrogen (secondary N) is 1. The number of sulfonamides is 1. The van der Waals surface area contributed by atoms with Gasteiger partial charge in [0, 0.05) is 30.2 Å². The minimum absolute atomic E-state index is 0.125. The number of hydrogen-bond acceptors (Lipinski definition) is 3. The van der Waals surface area contributed by atoms with Crippen molar-refractivity contribution in [2.75, 3.05) is 19.6 Å². The molecule has 2 aromatic rings. The van der Waals surface area contributed by atoms with Gasteiger partial charge in [-0.3, -0.25) is 4.90 Å². The summed E-state index contributed by atoms with van der Waals surface area (Å²) < 4.78 is 53.8. The number of benzene rings is 2. The quantitative estimate of drug-likeness (QED) is 0.641. The first-order valence-electron chi connectivity index (χ1n) is 8.80. The summed E-state index contributed by atoms with van der Waals surface area (Å²) >= 11 is 2.92. The molecule has 0 saturated carbocycles. The summed E-state index contributed by atoms with van der Waals surface area (Å²) in [6, 6.07) is 9.91. The second-order valence-electron chi connectivity index (χ2n) is 6.60. The Kier molecular flexibility index (Phi) is 6.62. The zero-order chi connectivity index (χ0) is 19.4. The van der Waals surface area contributed by atoms with Crippen molar-refractivity contribution >= 4 is 26.0 Å². The van der Waals surface area contributed by atoms with Gasteiger partial charge in [0.15, 0.2) is 0 Å².